The summed E-state index contributed by atoms with van der Waals surface area (Å²) in [6.45, 7) is 3.65. The summed E-state index contributed by atoms with van der Waals surface area (Å²) in [5.74, 6) is -0.187. The molecule has 1 aromatic heterocycles. The zero-order chi connectivity index (χ0) is 22.0. The number of hydrogen-bond donors (Lipinski definition) is 1. The molecule has 0 aliphatic carbocycles. The van der Waals surface area contributed by atoms with Gasteiger partial charge in [-0.05, 0) is 25.3 Å². The maximum Gasteiger partial charge on any atom is 0.272 e. The Bertz CT molecular complexity index is 1030. The first-order valence-electron chi connectivity index (χ1n) is 10.8. The molecule has 2 aliphatic rings. The van der Waals surface area contributed by atoms with Crippen molar-refractivity contribution in [3.63, 3.8) is 0 Å². The van der Waals surface area contributed by atoms with E-state index in [2.05, 4.69) is 15.3 Å². The highest BCUT2D eigenvalue weighted by Crippen LogP contribution is 2.24. The Hall–Kier alpha value is -2.01. The third-order valence-corrected chi connectivity index (χ3v) is 7.62. The molecule has 3 heterocycles. The van der Waals surface area contributed by atoms with Crippen LogP contribution >= 0.6 is 0 Å². The van der Waals surface area contributed by atoms with Crippen LogP contribution in [0.4, 0.5) is 0 Å². The highest BCUT2D eigenvalue weighted by atomic mass is 32.2. The van der Waals surface area contributed by atoms with Gasteiger partial charge in [0.1, 0.15) is 0 Å². The number of para-hydroxylation sites is 1. The molecule has 2 aromatic rings. The summed E-state index contributed by atoms with van der Waals surface area (Å²) in [5.41, 5.74) is 1.35. The average Bonchev–Trinajstić information content (AvgIpc) is 3.37. The number of rotatable bonds is 7. The summed E-state index contributed by atoms with van der Waals surface area (Å²) in [5, 5.41) is 8.25. The first-order chi connectivity index (χ1) is 14.8. The van der Waals surface area contributed by atoms with E-state index in [9.17, 15) is 13.2 Å². The Morgan fingerprint density at radius 3 is 2.68 bits per heavy atom. The summed E-state index contributed by atoms with van der Waals surface area (Å²) in [6, 6.07) is 8.18. The fraction of sp³-hybridized carbons (Fsp3) is 0.619. The summed E-state index contributed by atoms with van der Waals surface area (Å²) < 4.78 is 32.7. The summed E-state index contributed by atoms with van der Waals surface area (Å²) in [6.07, 6.45) is 3.93. The Kier molecular flexibility index (Phi) is 6.61. The molecule has 1 unspecified atom stereocenters. The number of nitrogens with one attached hydrogen (secondary N) is 1. The number of aryl methyl sites for hydroxylation is 1. The second kappa shape index (κ2) is 9.23. The van der Waals surface area contributed by atoms with E-state index in [1.165, 1.54) is 6.26 Å². The van der Waals surface area contributed by atoms with Crippen molar-refractivity contribution in [1.29, 1.82) is 0 Å². The molecule has 2 aliphatic heterocycles. The van der Waals surface area contributed by atoms with Gasteiger partial charge >= 0.3 is 0 Å². The third-order valence-electron chi connectivity index (χ3n) is 6.35. The molecule has 1 amide bonds. The zero-order valence-electron chi connectivity index (χ0n) is 18.2. The minimum Gasteiger partial charge on any atom is -0.381 e. The molecule has 1 N–H and O–H groups in total. The van der Waals surface area contributed by atoms with Crippen LogP contribution in [0.5, 0.6) is 0 Å². The lowest BCUT2D eigenvalue weighted by Gasteiger charge is -2.38. The molecule has 2 fully saturated rings. The van der Waals surface area contributed by atoms with Crippen molar-refractivity contribution in [3.05, 3.63) is 30.0 Å². The van der Waals surface area contributed by atoms with Crippen LogP contribution in [0.25, 0.3) is 10.9 Å². The van der Waals surface area contributed by atoms with E-state index >= 15 is 0 Å². The predicted molar refractivity (Wildman–Crippen MR) is 118 cm³/mol. The Balaban J connectivity index is 1.42. The van der Waals surface area contributed by atoms with Crippen LogP contribution in [0.15, 0.2) is 24.3 Å². The Labute approximate surface area is 183 Å². The van der Waals surface area contributed by atoms with Crippen LogP contribution in [-0.4, -0.2) is 91.0 Å². The van der Waals surface area contributed by atoms with Gasteiger partial charge in [-0.3, -0.25) is 14.4 Å². The lowest BCUT2D eigenvalue weighted by molar-refractivity contribution is 0.0194. The molecule has 31 heavy (non-hydrogen) atoms. The van der Waals surface area contributed by atoms with Crippen molar-refractivity contribution in [3.8, 4) is 0 Å². The summed E-state index contributed by atoms with van der Waals surface area (Å²) in [7, 11) is -1.35. The quantitative estimate of drug-likeness (QED) is 0.672. The molecule has 1 aromatic carbocycles. The van der Waals surface area contributed by atoms with Gasteiger partial charge in [0.15, 0.2) is 5.69 Å². The first kappa shape index (κ1) is 22.2. The average molecular weight is 450 g/mol. The minimum atomic E-state index is -3.19. The monoisotopic (exact) mass is 449 g/mol. The largest absolute Gasteiger partial charge is 0.381 e. The van der Waals surface area contributed by atoms with Gasteiger partial charge in [0.2, 0.25) is 10.0 Å². The fourth-order valence-electron chi connectivity index (χ4n) is 4.73. The standard InChI is InChI=1S/C21H31N5O4S/c1-24-19-6-4-3-5-18(19)20(23-24)21(27)22-10-12-26(16-8-13-30-14-9-16)17-7-11-25(15-17)31(2,28)29/h3-6,16-17H,7-15H2,1-2H3,(H,22,27). The van der Waals surface area contributed by atoms with E-state index in [4.69, 9.17) is 4.74 Å². The van der Waals surface area contributed by atoms with Crippen molar-refractivity contribution in [1.82, 2.24) is 24.3 Å². The second-order valence-corrected chi connectivity index (χ2v) is 10.4. The van der Waals surface area contributed by atoms with E-state index in [0.717, 1.165) is 43.4 Å². The Morgan fingerprint density at radius 1 is 1.23 bits per heavy atom. The number of sulfonamides is 1. The highest BCUT2D eigenvalue weighted by Gasteiger charge is 2.35. The number of amides is 1. The van der Waals surface area contributed by atoms with Gasteiger partial charge in [-0.1, -0.05) is 18.2 Å². The number of fused-ring (bicyclic) bond motifs is 1. The van der Waals surface area contributed by atoms with Gasteiger partial charge in [-0.25, -0.2) is 12.7 Å². The van der Waals surface area contributed by atoms with Crippen molar-refractivity contribution in [2.75, 3.05) is 45.6 Å². The van der Waals surface area contributed by atoms with Crippen LogP contribution in [0.3, 0.4) is 0 Å². The van der Waals surface area contributed by atoms with Gasteiger partial charge < -0.3 is 10.1 Å². The Morgan fingerprint density at radius 2 is 1.97 bits per heavy atom. The fourth-order valence-corrected chi connectivity index (χ4v) is 5.61. The molecule has 10 heteroatoms. The van der Waals surface area contributed by atoms with Crippen LogP contribution in [0, 0.1) is 0 Å². The van der Waals surface area contributed by atoms with Gasteiger partial charge in [-0.2, -0.15) is 5.10 Å². The number of carbonyl (C=O) groups is 1. The highest BCUT2D eigenvalue weighted by molar-refractivity contribution is 7.88. The SMILES string of the molecule is Cn1nc(C(=O)NCCN(C2CCOCC2)C2CCN(S(C)(=O)=O)C2)c2ccccc21. The number of aromatic nitrogens is 2. The molecule has 170 valence electrons. The molecule has 2 saturated heterocycles. The van der Waals surface area contributed by atoms with Crippen molar-refractivity contribution >= 4 is 26.8 Å². The normalized spacial score (nSPS) is 21.2. The van der Waals surface area contributed by atoms with Crippen LogP contribution < -0.4 is 5.32 Å². The van der Waals surface area contributed by atoms with Crippen molar-refractivity contribution in [2.24, 2.45) is 7.05 Å². The number of carbonyl (C=O) groups excluding carboxylic acids is 1. The van der Waals surface area contributed by atoms with Gasteiger partial charge in [0.05, 0.1) is 11.8 Å². The van der Waals surface area contributed by atoms with Crippen LogP contribution in [0.1, 0.15) is 29.8 Å². The third kappa shape index (κ3) is 4.92. The summed E-state index contributed by atoms with van der Waals surface area (Å²) in [4.78, 5) is 15.2. The van der Waals surface area contributed by atoms with E-state index in [-0.39, 0.29) is 11.9 Å². The lowest BCUT2D eigenvalue weighted by Crippen LogP contribution is -2.50. The number of hydrogen-bond acceptors (Lipinski definition) is 6. The van der Waals surface area contributed by atoms with E-state index in [1.54, 1.807) is 8.99 Å². The van der Waals surface area contributed by atoms with Gasteiger partial charge in [0.25, 0.3) is 5.91 Å². The molecule has 9 nitrogen and oxygen atoms in total. The van der Waals surface area contributed by atoms with Crippen LogP contribution in [0.2, 0.25) is 0 Å². The predicted octanol–water partition coefficient (Wildman–Crippen LogP) is 0.818. The molecular formula is C21H31N5O4S. The van der Waals surface area contributed by atoms with E-state index in [1.807, 2.05) is 31.3 Å². The van der Waals surface area contributed by atoms with E-state index in [0.29, 0.717) is 37.9 Å². The number of benzene rings is 1. The van der Waals surface area contributed by atoms with E-state index < -0.39 is 10.0 Å². The molecule has 0 saturated carbocycles. The lowest BCUT2D eigenvalue weighted by atomic mass is 10.0. The summed E-state index contributed by atoms with van der Waals surface area (Å²) >= 11 is 0. The molecule has 1 atom stereocenters. The number of ether oxygens (including phenoxy) is 1. The van der Waals surface area contributed by atoms with Crippen LogP contribution in [-0.2, 0) is 21.8 Å². The molecule has 0 spiro atoms. The second-order valence-electron chi connectivity index (χ2n) is 8.39. The maximum absolute atomic E-state index is 12.8. The number of nitrogens with zero attached hydrogens (tertiary/aromatic N) is 4. The maximum atomic E-state index is 12.8. The zero-order valence-corrected chi connectivity index (χ0v) is 19.0. The minimum absolute atomic E-state index is 0.158. The van der Waals surface area contributed by atoms with Crippen molar-refractivity contribution in [2.45, 2.75) is 31.3 Å². The first-order valence-corrected chi connectivity index (χ1v) is 12.7. The molecule has 4 rings (SSSR count). The molecule has 0 radical (unpaired) electrons. The van der Waals surface area contributed by atoms with Gasteiger partial charge in [-0.15, -0.1) is 0 Å². The smallest absolute Gasteiger partial charge is 0.272 e. The van der Waals surface area contributed by atoms with Gasteiger partial charge in [0, 0.05) is 63.9 Å². The van der Waals surface area contributed by atoms with Crippen molar-refractivity contribution < 1.29 is 17.9 Å². The molecule has 0 bridgehead atoms. The molecular weight excluding hydrogens is 418 g/mol. The topological polar surface area (TPSA) is 96.8 Å².